The number of thiophene rings is 1. The van der Waals surface area contributed by atoms with Gasteiger partial charge >= 0.3 is 0 Å². The number of fused-ring (bicyclic) bond motifs is 1. The maximum Gasteiger partial charge on any atom is 0.141 e. The van der Waals surface area contributed by atoms with E-state index < -0.39 is 0 Å². The largest absolute Gasteiger partial charge is 0.299 e. The van der Waals surface area contributed by atoms with Gasteiger partial charge in [0.1, 0.15) is 5.78 Å². The average molecular weight is 291 g/mol. The Kier molecular flexibility index (Phi) is 3.72. The molecule has 0 radical (unpaired) electrons. The monoisotopic (exact) mass is 290 g/mol. The van der Waals surface area contributed by atoms with Crippen molar-refractivity contribution in [1.82, 2.24) is 0 Å². The molecule has 2 aromatic rings. The van der Waals surface area contributed by atoms with Crippen LogP contribution in [0.2, 0.25) is 4.34 Å². The number of ketones is 1. The molecular weight excluding hydrogens is 276 g/mol. The second kappa shape index (κ2) is 5.48. The molecule has 1 atom stereocenters. The van der Waals surface area contributed by atoms with Gasteiger partial charge < -0.3 is 0 Å². The first-order valence-electron chi connectivity index (χ1n) is 6.56. The van der Waals surface area contributed by atoms with E-state index in [0.29, 0.717) is 12.2 Å². The van der Waals surface area contributed by atoms with Gasteiger partial charge in [0.05, 0.1) is 4.34 Å². The minimum atomic E-state index is 0.177. The van der Waals surface area contributed by atoms with Crippen LogP contribution in [0.25, 0.3) is 0 Å². The molecule has 98 valence electrons. The number of rotatable bonds is 3. The highest BCUT2D eigenvalue weighted by molar-refractivity contribution is 7.16. The zero-order valence-electron chi connectivity index (χ0n) is 10.6. The molecule has 0 bridgehead atoms. The number of benzene rings is 1. The quantitative estimate of drug-likeness (QED) is 0.823. The third-order valence-electron chi connectivity index (χ3n) is 3.78. The molecule has 0 saturated heterocycles. The number of carbonyl (C=O) groups is 1. The van der Waals surface area contributed by atoms with Crippen LogP contribution < -0.4 is 0 Å². The van der Waals surface area contributed by atoms with E-state index in [1.165, 1.54) is 22.5 Å². The van der Waals surface area contributed by atoms with Gasteiger partial charge in [-0.25, -0.2) is 0 Å². The fourth-order valence-electron chi connectivity index (χ4n) is 2.74. The van der Waals surface area contributed by atoms with Gasteiger partial charge in [0.15, 0.2) is 0 Å². The molecular formula is C16H15ClOS. The van der Waals surface area contributed by atoms with Gasteiger partial charge in [-0.2, -0.15) is 0 Å². The fourth-order valence-corrected chi connectivity index (χ4v) is 3.83. The summed E-state index contributed by atoms with van der Waals surface area (Å²) in [7, 11) is 0. The van der Waals surface area contributed by atoms with E-state index >= 15 is 0 Å². The summed E-state index contributed by atoms with van der Waals surface area (Å²) in [5.74, 6) is 0.531. The van der Waals surface area contributed by atoms with Crippen molar-refractivity contribution in [1.29, 1.82) is 0 Å². The number of carbonyl (C=O) groups excluding carboxylic acids is 1. The van der Waals surface area contributed by atoms with Gasteiger partial charge in [-0.3, -0.25) is 4.79 Å². The lowest BCUT2D eigenvalue weighted by atomic mass is 9.81. The Hall–Kier alpha value is -1.12. The van der Waals surface area contributed by atoms with E-state index in [1.807, 2.05) is 12.1 Å². The Bertz CT molecular complexity index is 602. The number of hydrogen-bond acceptors (Lipinski definition) is 2. The summed E-state index contributed by atoms with van der Waals surface area (Å²) in [5, 5.41) is 0. The van der Waals surface area contributed by atoms with E-state index in [9.17, 15) is 4.79 Å². The molecule has 1 aromatic carbocycles. The number of aryl methyl sites for hydroxylation is 1. The van der Waals surface area contributed by atoms with Crippen molar-refractivity contribution < 1.29 is 4.79 Å². The van der Waals surface area contributed by atoms with Gasteiger partial charge in [-0.15, -0.1) is 11.3 Å². The zero-order chi connectivity index (χ0) is 13.2. The number of halogens is 1. The van der Waals surface area contributed by atoms with Crippen molar-refractivity contribution in [2.75, 3.05) is 0 Å². The first-order valence-corrected chi connectivity index (χ1v) is 7.75. The molecule has 0 spiro atoms. The molecule has 1 nitrogen and oxygen atoms in total. The van der Waals surface area contributed by atoms with Crippen LogP contribution in [0, 0.1) is 5.92 Å². The van der Waals surface area contributed by atoms with E-state index in [-0.39, 0.29) is 5.92 Å². The van der Waals surface area contributed by atoms with E-state index in [2.05, 4.69) is 24.3 Å². The van der Waals surface area contributed by atoms with Crippen LogP contribution in [0.5, 0.6) is 0 Å². The third-order valence-corrected chi connectivity index (χ3v) is 5.01. The lowest BCUT2D eigenvalue weighted by Gasteiger charge is -2.23. The van der Waals surface area contributed by atoms with Crippen LogP contribution in [0.4, 0.5) is 0 Å². The molecule has 1 aliphatic rings. The van der Waals surface area contributed by atoms with Crippen LogP contribution >= 0.6 is 22.9 Å². The highest BCUT2D eigenvalue weighted by Crippen LogP contribution is 2.28. The molecule has 0 N–H and O–H groups in total. The molecule has 1 unspecified atom stereocenters. The lowest BCUT2D eigenvalue weighted by Crippen LogP contribution is -2.23. The van der Waals surface area contributed by atoms with Gasteiger partial charge in [0, 0.05) is 17.2 Å². The summed E-state index contributed by atoms with van der Waals surface area (Å²) in [4.78, 5) is 13.4. The minimum absolute atomic E-state index is 0.177. The van der Waals surface area contributed by atoms with E-state index in [4.69, 9.17) is 11.6 Å². The first-order chi connectivity index (χ1) is 9.22. The van der Waals surface area contributed by atoms with Crippen molar-refractivity contribution in [3.63, 3.8) is 0 Å². The molecule has 0 saturated carbocycles. The van der Waals surface area contributed by atoms with Crippen molar-refractivity contribution in [3.05, 3.63) is 56.7 Å². The van der Waals surface area contributed by atoms with Crippen LogP contribution in [0.3, 0.4) is 0 Å². The average Bonchev–Trinajstić information content (AvgIpc) is 2.83. The molecule has 1 heterocycles. The Morgan fingerprint density at radius 2 is 2.00 bits per heavy atom. The predicted molar refractivity (Wildman–Crippen MR) is 80.0 cm³/mol. The lowest BCUT2D eigenvalue weighted by molar-refractivity contribution is -0.122. The molecule has 0 fully saturated rings. The third kappa shape index (κ3) is 2.90. The second-order valence-electron chi connectivity index (χ2n) is 5.06. The molecule has 3 rings (SSSR count). The number of hydrogen-bond donors (Lipinski definition) is 0. The van der Waals surface area contributed by atoms with Gasteiger partial charge in [0.2, 0.25) is 0 Å². The summed E-state index contributed by atoms with van der Waals surface area (Å²) >= 11 is 7.41. The minimum Gasteiger partial charge on any atom is -0.299 e. The van der Waals surface area contributed by atoms with Gasteiger partial charge in [0.25, 0.3) is 0 Å². The standard InChI is InChI=1S/C16H15ClOS/c17-16-8-7-14(19-16)10-15(18)13-6-5-11-3-1-2-4-12(11)9-13/h1-4,7-8,13H,5-6,9-10H2. The summed E-state index contributed by atoms with van der Waals surface area (Å²) in [6.07, 6.45) is 3.44. The zero-order valence-corrected chi connectivity index (χ0v) is 12.1. The Morgan fingerprint density at radius 1 is 1.21 bits per heavy atom. The van der Waals surface area contributed by atoms with Crippen molar-refractivity contribution in [3.8, 4) is 0 Å². The van der Waals surface area contributed by atoms with Crippen molar-refractivity contribution >= 4 is 28.7 Å². The fraction of sp³-hybridized carbons (Fsp3) is 0.312. The summed E-state index contributed by atoms with van der Waals surface area (Å²) in [5.41, 5.74) is 2.75. The Labute approximate surface area is 122 Å². The van der Waals surface area contributed by atoms with Crippen LogP contribution in [0.1, 0.15) is 22.4 Å². The van der Waals surface area contributed by atoms with Crippen LogP contribution in [-0.4, -0.2) is 5.78 Å². The summed E-state index contributed by atoms with van der Waals surface area (Å²) in [6.45, 7) is 0. The smallest absolute Gasteiger partial charge is 0.141 e. The van der Waals surface area contributed by atoms with Gasteiger partial charge in [-0.05, 0) is 42.5 Å². The molecule has 0 amide bonds. The topological polar surface area (TPSA) is 17.1 Å². The van der Waals surface area contributed by atoms with Crippen molar-refractivity contribution in [2.24, 2.45) is 5.92 Å². The summed E-state index contributed by atoms with van der Waals surface area (Å²) in [6, 6.07) is 12.3. The predicted octanol–water partition coefficient (Wildman–Crippen LogP) is 4.32. The van der Waals surface area contributed by atoms with Crippen LogP contribution in [-0.2, 0) is 24.1 Å². The Balaban J connectivity index is 1.69. The SMILES string of the molecule is O=C(Cc1ccc(Cl)s1)C1CCc2ccccc2C1. The van der Waals surface area contributed by atoms with E-state index in [1.54, 1.807) is 0 Å². The number of Topliss-reactive ketones (excluding diaryl/α,β-unsaturated/α-hetero) is 1. The molecule has 0 aliphatic heterocycles. The second-order valence-corrected chi connectivity index (χ2v) is 6.86. The molecule has 1 aromatic heterocycles. The maximum atomic E-state index is 12.4. The summed E-state index contributed by atoms with van der Waals surface area (Å²) < 4.78 is 0.761. The normalized spacial score (nSPS) is 18.1. The van der Waals surface area contributed by atoms with Crippen molar-refractivity contribution in [2.45, 2.75) is 25.7 Å². The van der Waals surface area contributed by atoms with Gasteiger partial charge in [-0.1, -0.05) is 35.9 Å². The highest BCUT2D eigenvalue weighted by Gasteiger charge is 2.24. The molecule has 1 aliphatic carbocycles. The highest BCUT2D eigenvalue weighted by atomic mass is 35.5. The Morgan fingerprint density at radius 3 is 2.74 bits per heavy atom. The van der Waals surface area contributed by atoms with Crippen LogP contribution in [0.15, 0.2) is 36.4 Å². The van der Waals surface area contributed by atoms with E-state index in [0.717, 1.165) is 28.5 Å². The maximum absolute atomic E-state index is 12.4. The first kappa shape index (κ1) is 12.9. The molecule has 3 heteroatoms. The molecule has 19 heavy (non-hydrogen) atoms.